The predicted octanol–water partition coefficient (Wildman–Crippen LogP) is 4.41. The summed E-state index contributed by atoms with van der Waals surface area (Å²) in [7, 11) is 1.61. The molecule has 0 spiro atoms. The zero-order chi connectivity index (χ0) is 13.8. The van der Waals surface area contributed by atoms with E-state index >= 15 is 0 Å². The number of rotatable bonds is 4. The van der Waals surface area contributed by atoms with Gasteiger partial charge in [0.25, 0.3) is 0 Å². The molecule has 0 amide bonds. The van der Waals surface area contributed by atoms with Crippen LogP contribution in [0.3, 0.4) is 0 Å². The molecule has 0 bridgehead atoms. The average Bonchev–Trinajstić information content (AvgIpc) is 2.40. The molecule has 0 saturated carbocycles. The maximum Gasteiger partial charge on any atom is 0.125 e. The Hall–Kier alpha value is -1.74. The Balaban J connectivity index is 2.18. The maximum absolute atomic E-state index is 13.2. The third-order valence-corrected chi connectivity index (χ3v) is 3.15. The summed E-state index contributed by atoms with van der Waals surface area (Å²) in [4.78, 5) is 0. The smallest absolute Gasteiger partial charge is 0.125 e. The fourth-order valence-corrected chi connectivity index (χ4v) is 2.06. The van der Waals surface area contributed by atoms with Crippen LogP contribution in [0.25, 0.3) is 0 Å². The Morgan fingerprint density at radius 1 is 1.21 bits per heavy atom. The van der Waals surface area contributed by atoms with E-state index in [9.17, 15) is 4.39 Å². The van der Waals surface area contributed by atoms with Gasteiger partial charge in [-0.2, -0.15) is 0 Å². The Kier molecular flexibility index (Phi) is 4.27. The minimum Gasteiger partial charge on any atom is -0.496 e. The standard InChI is InChI=1S/C15H15ClFNO/c1-10-3-5-13(17)8-14(10)18-9-11-7-12(16)4-6-15(11)19-2/h3-8,18H,9H2,1-2H3. The van der Waals surface area contributed by atoms with Crippen molar-refractivity contribution in [2.75, 3.05) is 12.4 Å². The van der Waals surface area contributed by atoms with E-state index in [1.165, 1.54) is 12.1 Å². The third-order valence-electron chi connectivity index (χ3n) is 2.91. The highest BCUT2D eigenvalue weighted by atomic mass is 35.5. The van der Waals surface area contributed by atoms with Gasteiger partial charge in [0.15, 0.2) is 0 Å². The van der Waals surface area contributed by atoms with Crippen LogP contribution in [-0.4, -0.2) is 7.11 Å². The van der Waals surface area contributed by atoms with Crippen molar-refractivity contribution in [1.82, 2.24) is 0 Å². The van der Waals surface area contributed by atoms with Crippen molar-refractivity contribution >= 4 is 17.3 Å². The Morgan fingerprint density at radius 3 is 2.74 bits per heavy atom. The van der Waals surface area contributed by atoms with E-state index in [0.29, 0.717) is 11.6 Å². The second-order valence-corrected chi connectivity index (χ2v) is 4.71. The molecule has 0 saturated heterocycles. The van der Waals surface area contributed by atoms with Crippen LogP contribution in [0, 0.1) is 12.7 Å². The highest BCUT2D eigenvalue weighted by Crippen LogP contribution is 2.24. The molecule has 0 aliphatic rings. The van der Waals surface area contributed by atoms with Crippen molar-refractivity contribution in [3.05, 3.63) is 58.4 Å². The number of hydrogen-bond acceptors (Lipinski definition) is 2. The van der Waals surface area contributed by atoms with Gasteiger partial charge in [-0.25, -0.2) is 4.39 Å². The summed E-state index contributed by atoms with van der Waals surface area (Å²) in [6.45, 7) is 2.45. The quantitative estimate of drug-likeness (QED) is 0.895. The van der Waals surface area contributed by atoms with Crippen molar-refractivity contribution in [2.45, 2.75) is 13.5 Å². The van der Waals surface area contributed by atoms with E-state index in [2.05, 4.69) is 5.32 Å². The van der Waals surface area contributed by atoms with E-state index in [0.717, 1.165) is 22.6 Å². The molecule has 2 aromatic rings. The molecule has 0 aromatic heterocycles. The highest BCUT2D eigenvalue weighted by Gasteiger charge is 2.05. The fourth-order valence-electron chi connectivity index (χ4n) is 1.86. The van der Waals surface area contributed by atoms with Gasteiger partial charge in [0.1, 0.15) is 11.6 Å². The van der Waals surface area contributed by atoms with Gasteiger partial charge in [0.05, 0.1) is 7.11 Å². The summed E-state index contributed by atoms with van der Waals surface area (Å²) in [6.07, 6.45) is 0. The Bertz CT molecular complexity index is 586. The minimum absolute atomic E-state index is 0.258. The number of nitrogens with one attached hydrogen (secondary N) is 1. The minimum atomic E-state index is -0.258. The monoisotopic (exact) mass is 279 g/mol. The molecule has 19 heavy (non-hydrogen) atoms. The lowest BCUT2D eigenvalue weighted by Gasteiger charge is -2.12. The third kappa shape index (κ3) is 3.38. The average molecular weight is 280 g/mol. The summed E-state index contributed by atoms with van der Waals surface area (Å²) < 4.78 is 18.5. The van der Waals surface area contributed by atoms with E-state index in [4.69, 9.17) is 16.3 Å². The second-order valence-electron chi connectivity index (χ2n) is 4.27. The van der Waals surface area contributed by atoms with Crippen molar-refractivity contribution in [3.63, 3.8) is 0 Å². The lowest BCUT2D eigenvalue weighted by Crippen LogP contribution is -2.03. The van der Waals surface area contributed by atoms with Crippen LogP contribution in [0.15, 0.2) is 36.4 Å². The number of aryl methyl sites for hydroxylation is 1. The van der Waals surface area contributed by atoms with Crippen LogP contribution in [0.5, 0.6) is 5.75 Å². The lowest BCUT2D eigenvalue weighted by molar-refractivity contribution is 0.410. The van der Waals surface area contributed by atoms with E-state index in [1.54, 1.807) is 19.2 Å². The predicted molar refractivity (Wildman–Crippen MR) is 76.5 cm³/mol. The number of benzene rings is 2. The SMILES string of the molecule is COc1ccc(Cl)cc1CNc1cc(F)ccc1C. The molecule has 0 unspecified atom stereocenters. The fraction of sp³-hybridized carbons (Fsp3) is 0.200. The normalized spacial score (nSPS) is 10.3. The maximum atomic E-state index is 13.2. The topological polar surface area (TPSA) is 21.3 Å². The number of ether oxygens (including phenoxy) is 1. The van der Waals surface area contributed by atoms with Crippen molar-refractivity contribution in [1.29, 1.82) is 0 Å². The van der Waals surface area contributed by atoms with Crippen LogP contribution in [-0.2, 0) is 6.54 Å². The van der Waals surface area contributed by atoms with Gasteiger partial charge in [-0.05, 0) is 42.8 Å². The zero-order valence-electron chi connectivity index (χ0n) is 10.8. The van der Waals surface area contributed by atoms with Gasteiger partial charge in [-0.1, -0.05) is 17.7 Å². The molecule has 0 atom stereocenters. The molecule has 4 heteroatoms. The molecule has 0 radical (unpaired) electrons. The second kappa shape index (κ2) is 5.93. The number of anilines is 1. The molecule has 0 fully saturated rings. The summed E-state index contributed by atoms with van der Waals surface area (Å²) in [5.41, 5.74) is 2.68. The van der Waals surface area contributed by atoms with Gasteiger partial charge in [0.2, 0.25) is 0 Å². The molecule has 1 N–H and O–H groups in total. The van der Waals surface area contributed by atoms with Gasteiger partial charge in [-0.15, -0.1) is 0 Å². The molecular weight excluding hydrogens is 265 g/mol. The van der Waals surface area contributed by atoms with Gasteiger partial charge < -0.3 is 10.1 Å². The molecular formula is C15H15ClFNO. The molecule has 2 rings (SSSR count). The first-order chi connectivity index (χ1) is 9.10. The highest BCUT2D eigenvalue weighted by molar-refractivity contribution is 6.30. The zero-order valence-corrected chi connectivity index (χ0v) is 11.6. The van der Waals surface area contributed by atoms with E-state index < -0.39 is 0 Å². The largest absolute Gasteiger partial charge is 0.496 e. The molecule has 0 heterocycles. The lowest BCUT2D eigenvalue weighted by atomic mass is 10.1. The summed E-state index contributed by atoms with van der Waals surface area (Å²) >= 11 is 5.97. The number of methoxy groups -OCH3 is 1. The van der Waals surface area contributed by atoms with Crippen LogP contribution in [0.2, 0.25) is 5.02 Å². The van der Waals surface area contributed by atoms with Gasteiger partial charge in [-0.3, -0.25) is 0 Å². The molecule has 0 aliphatic heterocycles. The van der Waals surface area contributed by atoms with Crippen molar-refractivity contribution in [2.24, 2.45) is 0 Å². The Morgan fingerprint density at radius 2 is 2.00 bits per heavy atom. The number of hydrogen-bond donors (Lipinski definition) is 1. The summed E-state index contributed by atoms with van der Waals surface area (Å²) in [5.74, 6) is 0.497. The van der Waals surface area contributed by atoms with Crippen LogP contribution in [0.4, 0.5) is 10.1 Å². The number of halogens is 2. The van der Waals surface area contributed by atoms with Crippen molar-refractivity contribution in [3.8, 4) is 5.75 Å². The first-order valence-corrected chi connectivity index (χ1v) is 6.30. The van der Waals surface area contributed by atoms with Crippen molar-refractivity contribution < 1.29 is 9.13 Å². The Labute approximate surface area is 117 Å². The molecule has 2 nitrogen and oxygen atoms in total. The van der Waals surface area contributed by atoms with Crippen LogP contribution in [0.1, 0.15) is 11.1 Å². The first kappa shape index (κ1) is 13.7. The first-order valence-electron chi connectivity index (χ1n) is 5.92. The molecule has 100 valence electrons. The van der Waals surface area contributed by atoms with Crippen LogP contribution < -0.4 is 10.1 Å². The molecule has 0 aliphatic carbocycles. The summed E-state index contributed by atoms with van der Waals surface area (Å²) in [5, 5.41) is 3.84. The van der Waals surface area contributed by atoms with Crippen LogP contribution >= 0.6 is 11.6 Å². The van der Waals surface area contributed by atoms with Gasteiger partial charge in [0, 0.05) is 22.8 Å². The molecule has 2 aromatic carbocycles. The van der Waals surface area contributed by atoms with E-state index in [1.807, 2.05) is 19.1 Å². The van der Waals surface area contributed by atoms with Gasteiger partial charge >= 0.3 is 0 Å². The van der Waals surface area contributed by atoms with E-state index in [-0.39, 0.29) is 5.82 Å². The summed E-state index contributed by atoms with van der Waals surface area (Å²) in [6, 6.07) is 10.1.